The number of hydrogen-bond donors (Lipinski definition) is 0. The van der Waals surface area contributed by atoms with Crippen LogP contribution in [0.2, 0.25) is 5.02 Å². The third-order valence-electron chi connectivity index (χ3n) is 1.86. The fourth-order valence-electron chi connectivity index (χ4n) is 1.22. The Hall–Kier alpha value is -0.610. The molecule has 14 heavy (non-hydrogen) atoms. The van der Waals surface area contributed by atoms with Crippen molar-refractivity contribution in [2.75, 3.05) is 0 Å². The molecule has 0 amide bonds. The van der Waals surface area contributed by atoms with Gasteiger partial charge in [0, 0.05) is 5.56 Å². The number of rotatable bonds is 1. The highest BCUT2D eigenvalue weighted by atomic mass is 127. The fraction of sp³-hybridized carbons (Fsp3) is 0. The van der Waals surface area contributed by atoms with Gasteiger partial charge in [-0.15, -0.1) is 0 Å². The molecule has 0 bridgehead atoms. The van der Waals surface area contributed by atoms with Crippen LogP contribution in [0.15, 0.2) is 42.5 Å². The molecule has 70 valence electrons. The van der Waals surface area contributed by atoms with E-state index in [0.29, 0.717) is 5.02 Å². The van der Waals surface area contributed by atoms with Crippen LogP contribution in [0.25, 0.3) is 11.3 Å². The molecule has 0 saturated heterocycles. The molecule has 0 fully saturated rings. The monoisotopic (exact) mass is 315 g/mol. The Kier molecular flexibility index (Phi) is 3.03. The Labute approximate surface area is 101 Å². The second-order valence-electron chi connectivity index (χ2n) is 2.83. The molecule has 1 aromatic heterocycles. The molecular weight excluding hydrogens is 308 g/mol. The predicted molar refractivity (Wildman–Crippen MR) is 67.4 cm³/mol. The Morgan fingerprint density at radius 2 is 1.71 bits per heavy atom. The van der Waals surface area contributed by atoms with E-state index >= 15 is 0 Å². The molecule has 0 saturated carbocycles. The Bertz CT molecular complexity index is 442. The van der Waals surface area contributed by atoms with Gasteiger partial charge in [0.2, 0.25) is 0 Å². The van der Waals surface area contributed by atoms with Crippen molar-refractivity contribution in [3.63, 3.8) is 0 Å². The average molecular weight is 316 g/mol. The molecule has 1 nitrogen and oxygen atoms in total. The maximum Gasteiger partial charge on any atom is 0.102 e. The normalized spacial score (nSPS) is 10.1. The van der Waals surface area contributed by atoms with Gasteiger partial charge >= 0.3 is 0 Å². The largest absolute Gasteiger partial charge is 0.240 e. The van der Waals surface area contributed by atoms with Crippen molar-refractivity contribution in [1.29, 1.82) is 0 Å². The highest BCUT2D eigenvalue weighted by Crippen LogP contribution is 2.25. The summed E-state index contributed by atoms with van der Waals surface area (Å²) in [6.45, 7) is 0. The zero-order valence-corrected chi connectivity index (χ0v) is 10.2. The number of nitrogens with zero attached hydrogens (tertiary/aromatic N) is 1. The van der Waals surface area contributed by atoms with Gasteiger partial charge in [-0.1, -0.05) is 41.9 Å². The second-order valence-corrected chi connectivity index (χ2v) is 4.34. The lowest BCUT2D eigenvalue weighted by Crippen LogP contribution is -1.87. The standard InChI is InChI=1S/C11H7ClIN/c12-9-6-7-10(13)14-11(9)8-4-2-1-3-5-8/h1-7H. The van der Waals surface area contributed by atoms with Crippen molar-refractivity contribution in [1.82, 2.24) is 4.98 Å². The number of halogens is 2. The molecule has 0 atom stereocenters. The molecule has 2 aromatic rings. The van der Waals surface area contributed by atoms with E-state index in [2.05, 4.69) is 27.6 Å². The van der Waals surface area contributed by atoms with Crippen LogP contribution in [0.5, 0.6) is 0 Å². The number of hydrogen-bond acceptors (Lipinski definition) is 1. The van der Waals surface area contributed by atoms with Crippen LogP contribution < -0.4 is 0 Å². The molecular formula is C11H7ClIN. The molecule has 0 aliphatic heterocycles. The first-order valence-electron chi connectivity index (χ1n) is 4.15. The third-order valence-corrected chi connectivity index (χ3v) is 2.77. The van der Waals surface area contributed by atoms with E-state index in [4.69, 9.17) is 11.6 Å². The summed E-state index contributed by atoms with van der Waals surface area (Å²) in [6.07, 6.45) is 0. The van der Waals surface area contributed by atoms with Crippen LogP contribution in [0, 0.1) is 3.70 Å². The molecule has 1 aromatic carbocycles. The van der Waals surface area contributed by atoms with Gasteiger partial charge in [0.1, 0.15) is 3.70 Å². The summed E-state index contributed by atoms with van der Waals surface area (Å²) >= 11 is 8.24. The van der Waals surface area contributed by atoms with Gasteiger partial charge in [-0.2, -0.15) is 0 Å². The smallest absolute Gasteiger partial charge is 0.102 e. The summed E-state index contributed by atoms with van der Waals surface area (Å²) in [5.74, 6) is 0. The third kappa shape index (κ3) is 2.07. The van der Waals surface area contributed by atoms with Crippen LogP contribution in [-0.2, 0) is 0 Å². The van der Waals surface area contributed by atoms with Crippen molar-refractivity contribution in [3.8, 4) is 11.3 Å². The molecule has 0 aliphatic carbocycles. The zero-order valence-electron chi connectivity index (χ0n) is 7.24. The lowest BCUT2D eigenvalue weighted by molar-refractivity contribution is 1.27. The van der Waals surface area contributed by atoms with Crippen molar-refractivity contribution < 1.29 is 0 Å². The minimum atomic E-state index is 0.691. The quantitative estimate of drug-likeness (QED) is 0.572. The van der Waals surface area contributed by atoms with Crippen molar-refractivity contribution in [3.05, 3.63) is 51.2 Å². The SMILES string of the molecule is Clc1ccc(I)nc1-c1ccccc1. The highest BCUT2D eigenvalue weighted by molar-refractivity contribution is 14.1. The van der Waals surface area contributed by atoms with E-state index in [1.54, 1.807) is 0 Å². The van der Waals surface area contributed by atoms with Crippen LogP contribution in [0.3, 0.4) is 0 Å². The van der Waals surface area contributed by atoms with E-state index in [-0.39, 0.29) is 0 Å². The first-order chi connectivity index (χ1) is 6.77. The van der Waals surface area contributed by atoms with Gasteiger partial charge in [0.25, 0.3) is 0 Å². The van der Waals surface area contributed by atoms with E-state index < -0.39 is 0 Å². The molecule has 0 aliphatic rings. The van der Waals surface area contributed by atoms with Gasteiger partial charge in [-0.3, -0.25) is 0 Å². The fourth-order valence-corrected chi connectivity index (χ4v) is 1.85. The van der Waals surface area contributed by atoms with Gasteiger partial charge in [-0.05, 0) is 34.7 Å². The molecule has 1 heterocycles. The molecule has 0 radical (unpaired) electrons. The van der Waals surface area contributed by atoms with E-state index in [1.807, 2.05) is 42.5 Å². The van der Waals surface area contributed by atoms with Gasteiger partial charge < -0.3 is 0 Å². The summed E-state index contributed by atoms with van der Waals surface area (Å²) in [5, 5.41) is 0.691. The topological polar surface area (TPSA) is 12.9 Å². The van der Waals surface area contributed by atoms with Crippen molar-refractivity contribution >= 4 is 34.2 Å². The molecule has 3 heteroatoms. The lowest BCUT2D eigenvalue weighted by atomic mass is 10.1. The summed E-state index contributed by atoms with van der Waals surface area (Å²) < 4.78 is 0.950. The summed E-state index contributed by atoms with van der Waals surface area (Å²) in [6, 6.07) is 13.7. The molecule has 0 unspecified atom stereocenters. The maximum atomic E-state index is 6.06. The maximum absolute atomic E-state index is 6.06. The lowest BCUT2D eigenvalue weighted by Gasteiger charge is -2.03. The van der Waals surface area contributed by atoms with Crippen LogP contribution in [-0.4, -0.2) is 4.98 Å². The second kappa shape index (κ2) is 4.28. The summed E-state index contributed by atoms with van der Waals surface area (Å²) in [7, 11) is 0. The van der Waals surface area contributed by atoms with Crippen LogP contribution >= 0.6 is 34.2 Å². The number of pyridine rings is 1. The first kappa shape index (κ1) is 9.93. The van der Waals surface area contributed by atoms with Crippen molar-refractivity contribution in [2.45, 2.75) is 0 Å². The predicted octanol–water partition coefficient (Wildman–Crippen LogP) is 4.01. The number of aromatic nitrogens is 1. The van der Waals surface area contributed by atoms with Crippen LogP contribution in [0.1, 0.15) is 0 Å². The van der Waals surface area contributed by atoms with Gasteiger partial charge in [0.15, 0.2) is 0 Å². The zero-order chi connectivity index (χ0) is 9.97. The van der Waals surface area contributed by atoms with Gasteiger partial charge in [-0.25, -0.2) is 4.98 Å². The van der Waals surface area contributed by atoms with E-state index in [0.717, 1.165) is 15.0 Å². The Balaban J connectivity index is 2.57. The summed E-state index contributed by atoms with van der Waals surface area (Å²) in [5.41, 5.74) is 1.90. The first-order valence-corrected chi connectivity index (χ1v) is 5.60. The minimum absolute atomic E-state index is 0.691. The average Bonchev–Trinajstić information content (AvgIpc) is 2.23. The molecule has 2 rings (SSSR count). The highest BCUT2D eigenvalue weighted by Gasteiger charge is 2.04. The Morgan fingerprint density at radius 1 is 1.00 bits per heavy atom. The Morgan fingerprint density at radius 3 is 2.43 bits per heavy atom. The van der Waals surface area contributed by atoms with Crippen LogP contribution in [0.4, 0.5) is 0 Å². The van der Waals surface area contributed by atoms with E-state index in [9.17, 15) is 0 Å². The van der Waals surface area contributed by atoms with Gasteiger partial charge in [0.05, 0.1) is 10.7 Å². The molecule has 0 spiro atoms. The van der Waals surface area contributed by atoms with E-state index in [1.165, 1.54) is 0 Å². The number of benzene rings is 1. The van der Waals surface area contributed by atoms with Crippen molar-refractivity contribution in [2.24, 2.45) is 0 Å². The minimum Gasteiger partial charge on any atom is -0.240 e. The summed E-state index contributed by atoms with van der Waals surface area (Å²) in [4.78, 5) is 4.40. The molecule has 0 N–H and O–H groups in total.